The molecule has 0 nitrogen and oxygen atoms in total. The molecule has 0 atom stereocenters. The summed E-state index contributed by atoms with van der Waals surface area (Å²) in [7, 11) is 0. The van der Waals surface area contributed by atoms with E-state index in [9.17, 15) is 0 Å². The Kier molecular flexibility index (Phi) is 4.28. The molecule has 0 amide bonds. The third-order valence-corrected chi connectivity index (χ3v) is 6.29. The van der Waals surface area contributed by atoms with E-state index >= 15 is 0 Å². The SMILES string of the molecule is c1ccc2cc(-c3ccc(Cc4cc5ccccc5c5ccccc45)cc3)ccc2c1. The summed E-state index contributed by atoms with van der Waals surface area (Å²) in [5.74, 6) is 0. The zero-order chi connectivity index (χ0) is 20.6. The van der Waals surface area contributed by atoms with E-state index in [1.54, 1.807) is 0 Å². The van der Waals surface area contributed by atoms with Crippen LogP contribution in [0.2, 0.25) is 0 Å². The molecule has 0 aliphatic carbocycles. The van der Waals surface area contributed by atoms with Crippen molar-refractivity contribution in [1.29, 1.82) is 0 Å². The van der Waals surface area contributed by atoms with Gasteiger partial charge >= 0.3 is 0 Å². The van der Waals surface area contributed by atoms with Gasteiger partial charge in [-0.1, -0.05) is 115 Å². The molecule has 0 spiro atoms. The van der Waals surface area contributed by atoms with Crippen LogP contribution in [0.5, 0.6) is 0 Å². The van der Waals surface area contributed by atoms with Crippen LogP contribution in [0.3, 0.4) is 0 Å². The molecule has 0 heteroatoms. The van der Waals surface area contributed by atoms with E-state index in [1.165, 1.54) is 54.6 Å². The second-order valence-corrected chi connectivity index (χ2v) is 8.24. The fourth-order valence-corrected chi connectivity index (χ4v) is 4.68. The van der Waals surface area contributed by atoms with Crippen molar-refractivity contribution in [2.75, 3.05) is 0 Å². The maximum absolute atomic E-state index is 2.36. The van der Waals surface area contributed by atoms with Crippen LogP contribution in [0.15, 0.2) is 121 Å². The third-order valence-electron chi connectivity index (χ3n) is 6.29. The lowest BCUT2D eigenvalue weighted by atomic mass is 9.93. The summed E-state index contributed by atoms with van der Waals surface area (Å²) < 4.78 is 0. The van der Waals surface area contributed by atoms with Gasteiger partial charge < -0.3 is 0 Å². The average Bonchev–Trinajstić information content (AvgIpc) is 2.84. The van der Waals surface area contributed by atoms with Crippen molar-refractivity contribution in [3.8, 4) is 11.1 Å². The van der Waals surface area contributed by atoms with E-state index < -0.39 is 0 Å². The van der Waals surface area contributed by atoms with Crippen LogP contribution >= 0.6 is 0 Å². The summed E-state index contributed by atoms with van der Waals surface area (Å²) in [5, 5.41) is 7.89. The molecule has 6 rings (SSSR count). The van der Waals surface area contributed by atoms with Gasteiger partial charge in [-0.05, 0) is 67.1 Å². The Morgan fingerprint density at radius 1 is 0.387 bits per heavy atom. The van der Waals surface area contributed by atoms with E-state index in [0.717, 1.165) is 6.42 Å². The summed E-state index contributed by atoms with van der Waals surface area (Å²) in [4.78, 5) is 0. The Labute approximate surface area is 182 Å². The Bertz CT molecular complexity index is 1540. The van der Waals surface area contributed by atoms with Crippen molar-refractivity contribution in [2.45, 2.75) is 6.42 Å². The highest BCUT2D eigenvalue weighted by molar-refractivity contribution is 6.09. The molecule has 6 aromatic carbocycles. The Morgan fingerprint density at radius 2 is 1.00 bits per heavy atom. The van der Waals surface area contributed by atoms with Gasteiger partial charge in [0, 0.05) is 0 Å². The van der Waals surface area contributed by atoms with Crippen molar-refractivity contribution in [3.05, 3.63) is 132 Å². The van der Waals surface area contributed by atoms with Crippen LogP contribution in [0.1, 0.15) is 11.1 Å². The van der Waals surface area contributed by atoms with Crippen LogP contribution in [0.4, 0.5) is 0 Å². The molecule has 0 saturated heterocycles. The Balaban J connectivity index is 1.37. The number of benzene rings is 6. The van der Waals surface area contributed by atoms with Gasteiger partial charge in [0.2, 0.25) is 0 Å². The molecule has 0 unspecified atom stereocenters. The van der Waals surface area contributed by atoms with Gasteiger partial charge in [0.05, 0.1) is 0 Å². The van der Waals surface area contributed by atoms with E-state index in [0.29, 0.717) is 0 Å². The number of hydrogen-bond acceptors (Lipinski definition) is 0. The fourth-order valence-electron chi connectivity index (χ4n) is 4.68. The van der Waals surface area contributed by atoms with E-state index in [4.69, 9.17) is 0 Å². The summed E-state index contributed by atoms with van der Waals surface area (Å²) in [5.41, 5.74) is 5.25. The predicted octanol–water partition coefficient (Wildman–Crippen LogP) is 8.40. The molecule has 0 aromatic heterocycles. The van der Waals surface area contributed by atoms with Crippen molar-refractivity contribution in [1.82, 2.24) is 0 Å². The van der Waals surface area contributed by atoms with Gasteiger partial charge in [0.25, 0.3) is 0 Å². The maximum atomic E-state index is 2.36. The van der Waals surface area contributed by atoms with Crippen LogP contribution in [-0.2, 0) is 6.42 Å². The molecule has 0 saturated carbocycles. The van der Waals surface area contributed by atoms with Gasteiger partial charge in [0.1, 0.15) is 0 Å². The van der Waals surface area contributed by atoms with Gasteiger partial charge in [-0.2, -0.15) is 0 Å². The molecule has 6 aromatic rings. The van der Waals surface area contributed by atoms with Crippen molar-refractivity contribution >= 4 is 32.3 Å². The first-order chi connectivity index (χ1) is 15.3. The molecule has 31 heavy (non-hydrogen) atoms. The summed E-state index contributed by atoms with van der Waals surface area (Å²) >= 11 is 0. The molecular formula is C31H22. The van der Waals surface area contributed by atoms with Crippen molar-refractivity contribution < 1.29 is 0 Å². The Hall–Kier alpha value is -3.90. The first kappa shape index (κ1) is 17.9. The second kappa shape index (κ2) is 7.41. The molecule has 0 fully saturated rings. The molecular weight excluding hydrogens is 372 g/mol. The lowest BCUT2D eigenvalue weighted by Gasteiger charge is -2.11. The minimum Gasteiger partial charge on any atom is -0.0616 e. The van der Waals surface area contributed by atoms with Gasteiger partial charge in [-0.15, -0.1) is 0 Å². The molecule has 0 aliphatic heterocycles. The van der Waals surface area contributed by atoms with E-state index in [2.05, 4.69) is 121 Å². The topological polar surface area (TPSA) is 0 Å². The zero-order valence-electron chi connectivity index (χ0n) is 17.3. The summed E-state index contributed by atoms with van der Waals surface area (Å²) in [6, 6.07) is 44.1. The van der Waals surface area contributed by atoms with E-state index in [-0.39, 0.29) is 0 Å². The first-order valence-corrected chi connectivity index (χ1v) is 10.8. The molecule has 146 valence electrons. The largest absolute Gasteiger partial charge is 0.0616 e. The second-order valence-electron chi connectivity index (χ2n) is 8.24. The lowest BCUT2D eigenvalue weighted by molar-refractivity contribution is 1.22. The maximum Gasteiger partial charge on any atom is -0.00194 e. The molecule has 0 aliphatic rings. The number of fused-ring (bicyclic) bond motifs is 4. The van der Waals surface area contributed by atoms with Gasteiger partial charge in [-0.25, -0.2) is 0 Å². The summed E-state index contributed by atoms with van der Waals surface area (Å²) in [6.45, 7) is 0. The molecule has 0 N–H and O–H groups in total. The molecule has 0 bridgehead atoms. The van der Waals surface area contributed by atoms with Gasteiger partial charge in [0.15, 0.2) is 0 Å². The van der Waals surface area contributed by atoms with E-state index in [1.807, 2.05) is 0 Å². The van der Waals surface area contributed by atoms with Gasteiger partial charge in [-0.3, -0.25) is 0 Å². The fraction of sp³-hybridized carbons (Fsp3) is 0.0323. The highest BCUT2D eigenvalue weighted by Gasteiger charge is 2.07. The monoisotopic (exact) mass is 394 g/mol. The number of hydrogen-bond donors (Lipinski definition) is 0. The van der Waals surface area contributed by atoms with Crippen molar-refractivity contribution in [2.24, 2.45) is 0 Å². The number of rotatable bonds is 3. The molecule has 0 radical (unpaired) electrons. The van der Waals surface area contributed by atoms with Crippen molar-refractivity contribution in [3.63, 3.8) is 0 Å². The third kappa shape index (κ3) is 3.27. The standard InChI is InChI=1S/C31H22/c1-2-8-25-20-26(18-17-23(25)7-1)24-15-13-22(14-16-24)19-28-21-27-9-3-4-10-29(27)31-12-6-5-11-30(28)31/h1-18,20-21H,19H2. The smallest absolute Gasteiger partial charge is 0.00194 e. The minimum absolute atomic E-state index is 0.934. The first-order valence-electron chi connectivity index (χ1n) is 10.8. The normalized spacial score (nSPS) is 11.4. The Morgan fingerprint density at radius 3 is 1.81 bits per heavy atom. The molecule has 0 heterocycles. The van der Waals surface area contributed by atoms with Crippen LogP contribution in [0.25, 0.3) is 43.4 Å². The highest BCUT2D eigenvalue weighted by Crippen LogP contribution is 2.31. The quantitative estimate of drug-likeness (QED) is 0.264. The van der Waals surface area contributed by atoms with Crippen LogP contribution < -0.4 is 0 Å². The van der Waals surface area contributed by atoms with Crippen LogP contribution in [-0.4, -0.2) is 0 Å². The lowest BCUT2D eigenvalue weighted by Crippen LogP contribution is -1.91. The zero-order valence-corrected chi connectivity index (χ0v) is 17.3. The predicted molar refractivity (Wildman–Crippen MR) is 134 cm³/mol. The average molecular weight is 395 g/mol. The highest BCUT2D eigenvalue weighted by atomic mass is 14.1. The van der Waals surface area contributed by atoms with Crippen LogP contribution in [0, 0.1) is 0 Å². The summed E-state index contributed by atoms with van der Waals surface area (Å²) in [6.07, 6.45) is 0.934. The minimum atomic E-state index is 0.934.